The van der Waals surface area contributed by atoms with Gasteiger partial charge in [-0.3, -0.25) is 23.7 Å². The molecule has 2 amide bonds. The third-order valence-electron chi connectivity index (χ3n) is 4.14. The van der Waals surface area contributed by atoms with E-state index in [0.717, 1.165) is 10.8 Å². The molecule has 1 heterocycles. The molecule has 1 unspecified atom stereocenters. The zero-order valence-electron chi connectivity index (χ0n) is 16.1. The summed E-state index contributed by atoms with van der Waals surface area (Å²) in [5, 5.41) is 4.20. The molecule has 0 aliphatic heterocycles. The van der Waals surface area contributed by atoms with Crippen molar-refractivity contribution < 1.29 is 27.6 Å². The van der Waals surface area contributed by atoms with Crippen LogP contribution in [0.5, 0.6) is 0 Å². The Kier molecular flexibility index (Phi) is 7.09. The zero-order chi connectivity index (χ0) is 22.5. The Morgan fingerprint density at radius 3 is 2.37 bits per heavy atom. The number of carbonyl (C=O) groups is 3. The van der Waals surface area contributed by atoms with Crippen LogP contribution in [0, 0.1) is 5.92 Å². The lowest BCUT2D eigenvalue weighted by Crippen LogP contribution is -2.51. The molecule has 2 aromatic rings. The van der Waals surface area contributed by atoms with Crippen LogP contribution in [0.15, 0.2) is 41.3 Å². The van der Waals surface area contributed by atoms with E-state index in [9.17, 15) is 32.3 Å². The van der Waals surface area contributed by atoms with Crippen molar-refractivity contribution in [3.8, 4) is 11.4 Å². The number of carbonyl (C=O) groups excluding carboxylic acids is 3. The third kappa shape index (κ3) is 5.31. The standard InChI is InChI=1S/C19H19F3N4O4/c1-11(2)15(16(29)19(20,21)22)25-14(28)9-26-17(12-6-4-3-5-7-12)23-8-13(18(26)30)24-10-27/h3-8,10-11,15H,9H2,1-2H3,(H,24,27)(H,25,28). The quantitative estimate of drug-likeness (QED) is 0.628. The maximum Gasteiger partial charge on any atom is 0.452 e. The summed E-state index contributed by atoms with van der Waals surface area (Å²) in [6, 6.07) is 6.48. The predicted molar refractivity (Wildman–Crippen MR) is 101 cm³/mol. The molecule has 11 heteroatoms. The minimum absolute atomic E-state index is 0.0652. The van der Waals surface area contributed by atoms with Gasteiger partial charge in [0.1, 0.15) is 18.1 Å². The number of Topliss-reactive ketones (excluding diaryl/α,β-unsaturated/α-hetero) is 1. The van der Waals surface area contributed by atoms with Crippen molar-refractivity contribution in [1.82, 2.24) is 14.9 Å². The monoisotopic (exact) mass is 424 g/mol. The van der Waals surface area contributed by atoms with Crippen LogP contribution in [0.25, 0.3) is 11.4 Å². The SMILES string of the molecule is CC(C)C(NC(=O)Cn1c(-c2ccccc2)ncc(NC=O)c1=O)C(=O)C(F)(F)F. The van der Waals surface area contributed by atoms with Crippen molar-refractivity contribution in [1.29, 1.82) is 0 Å². The molecule has 1 aromatic heterocycles. The van der Waals surface area contributed by atoms with Crippen LogP contribution < -0.4 is 16.2 Å². The molecular formula is C19H19F3N4O4. The number of nitrogens with zero attached hydrogens (tertiary/aromatic N) is 2. The Morgan fingerprint density at radius 2 is 1.83 bits per heavy atom. The van der Waals surface area contributed by atoms with Gasteiger partial charge in [-0.05, 0) is 5.92 Å². The van der Waals surface area contributed by atoms with E-state index in [4.69, 9.17) is 0 Å². The number of rotatable bonds is 8. The number of amides is 2. The highest BCUT2D eigenvalue weighted by molar-refractivity contribution is 5.93. The molecule has 0 saturated heterocycles. The Morgan fingerprint density at radius 1 is 1.20 bits per heavy atom. The average Bonchev–Trinajstić information content (AvgIpc) is 2.68. The van der Waals surface area contributed by atoms with E-state index in [1.54, 1.807) is 30.3 Å². The highest BCUT2D eigenvalue weighted by atomic mass is 19.4. The molecule has 2 N–H and O–H groups in total. The predicted octanol–water partition coefficient (Wildman–Crippen LogP) is 1.75. The van der Waals surface area contributed by atoms with Crippen molar-refractivity contribution in [3.63, 3.8) is 0 Å². The summed E-state index contributed by atoms with van der Waals surface area (Å²) in [5.74, 6) is -3.85. The van der Waals surface area contributed by atoms with Crippen molar-refractivity contribution in [2.75, 3.05) is 5.32 Å². The number of anilines is 1. The lowest BCUT2D eigenvalue weighted by Gasteiger charge is -2.22. The molecule has 0 spiro atoms. The topological polar surface area (TPSA) is 110 Å². The van der Waals surface area contributed by atoms with Crippen molar-refractivity contribution >= 4 is 23.8 Å². The Labute approximate surface area is 169 Å². The van der Waals surface area contributed by atoms with Gasteiger partial charge in [-0.1, -0.05) is 44.2 Å². The lowest BCUT2D eigenvalue weighted by molar-refractivity contribution is -0.174. The first-order valence-corrected chi connectivity index (χ1v) is 8.82. The fraction of sp³-hybridized carbons (Fsp3) is 0.316. The number of alkyl halides is 3. The van der Waals surface area contributed by atoms with E-state index in [1.807, 2.05) is 5.32 Å². The highest BCUT2D eigenvalue weighted by Gasteiger charge is 2.45. The van der Waals surface area contributed by atoms with E-state index < -0.39 is 41.9 Å². The molecule has 0 fully saturated rings. The van der Waals surface area contributed by atoms with Crippen LogP contribution in [-0.2, 0) is 20.9 Å². The third-order valence-corrected chi connectivity index (χ3v) is 4.14. The summed E-state index contributed by atoms with van der Waals surface area (Å²) in [7, 11) is 0. The Balaban J connectivity index is 2.41. The molecule has 0 bridgehead atoms. The van der Waals surface area contributed by atoms with E-state index >= 15 is 0 Å². The molecule has 0 radical (unpaired) electrons. The number of nitrogens with one attached hydrogen (secondary N) is 2. The molecular weight excluding hydrogens is 405 g/mol. The maximum absolute atomic E-state index is 12.8. The van der Waals surface area contributed by atoms with Gasteiger partial charge in [-0.25, -0.2) is 4.98 Å². The van der Waals surface area contributed by atoms with E-state index in [1.165, 1.54) is 13.8 Å². The molecule has 0 aliphatic carbocycles. The summed E-state index contributed by atoms with van der Waals surface area (Å²) in [6.45, 7) is 2.00. The molecule has 160 valence electrons. The number of hydrogen-bond acceptors (Lipinski definition) is 5. The number of aromatic nitrogens is 2. The van der Waals surface area contributed by atoms with Gasteiger partial charge in [0.15, 0.2) is 0 Å². The average molecular weight is 424 g/mol. The van der Waals surface area contributed by atoms with Crippen LogP contribution in [0.3, 0.4) is 0 Å². The lowest BCUT2D eigenvalue weighted by atomic mass is 9.99. The van der Waals surface area contributed by atoms with Gasteiger partial charge in [-0.15, -0.1) is 0 Å². The van der Waals surface area contributed by atoms with Gasteiger partial charge in [0.2, 0.25) is 12.3 Å². The Bertz CT molecular complexity index is 988. The Hall–Kier alpha value is -3.50. The van der Waals surface area contributed by atoms with Crippen LogP contribution in [-0.4, -0.2) is 39.9 Å². The van der Waals surface area contributed by atoms with E-state index in [-0.39, 0.29) is 17.9 Å². The number of hydrogen-bond donors (Lipinski definition) is 2. The second kappa shape index (κ2) is 9.33. The van der Waals surface area contributed by atoms with Crippen LogP contribution in [0.4, 0.5) is 18.9 Å². The zero-order valence-corrected chi connectivity index (χ0v) is 16.1. The largest absolute Gasteiger partial charge is 0.452 e. The van der Waals surface area contributed by atoms with Gasteiger partial charge in [0, 0.05) is 5.56 Å². The van der Waals surface area contributed by atoms with Crippen LogP contribution >= 0.6 is 0 Å². The number of ketones is 1. The molecule has 2 rings (SSSR count). The summed E-state index contributed by atoms with van der Waals surface area (Å²) in [6.07, 6.45) is -3.76. The smallest absolute Gasteiger partial charge is 0.344 e. The van der Waals surface area contributed by atoms with Crippen molar-refractivity contribution in [2.24, 2.45) is 5.92 Å². The van der Waals surface area contributed by atoms with Crippen molar-refractivity contribution in [3.05, 3.63) is 46.9 Å². The minimum atomic E-state index is -5.12. The molecule has 0 aliphatic rings. The van der Waals surface area contributed by atoms with Gasteiger partial charge < -0.3 is 10.6 Å². The first kappa shape index (κ1) is 22.8. The fourth-order valence-corrected chi connectivity index (χ4v) is 2.69. The van der Waals surface area contributed by atoms with Crippen molar-refractivity contribution in [2.45, 2.75) is 32.6 Å². The minimum Gasteiger partial charge on any atom is -0.344 e. The van der Waals surface area contributed by atoms with E-state index in [2.05, 4.69) is 10.3 Å². The molecule has 1 atom stereocenters. The van der Waals surface area contributed by atoms with E-state index in [0.29, 0.717) is 5.56 Å². The first-order chi connectivity index (χ1) is 14.1. The molecule has 8 nitrogen and oxygen atoms in total. The normalized spacial score (nSPS) is 12.3. The maximum atomic E-state index is 12.8. The second-order valence-electron chi connectivity index (χ2n) is 6.67. The van der Waals surface area contributed by atoms with Gasteiger partial charge in [-0.2, -0.15) is 13.2 Å². The summed E-state index contributed by atoms with van der Waals surface area (Å²) in [5.41, 5.74) is -0.537. The molecule has 0 saturated carbocycles. The van der Waals surface area contributed by atoms with Crippen LogP contribution in [0.2, 0.25) is 0 Å². The first-order valence-electron chi connectivity index (χ1n) is 8.82. The number of halogens is 3. The molecule has 1 aromatic carbocycles. The van der Waals surface area contributed by atoms with Gasteiger partial charge >= 0.3 is 6.18 Å². The van der Waals surface area contributed by atoms with Gasteiger partial charge in [0.05, 0.1) is 12.2 Å². The van der Waals surface area contributed by atoms with Gasteiger partial charge in [0.25, 0.3) is 11.3 Å². The number of benzene rings is 1. The summed E-state index contributed by atoms with van der Waals surface area (Å²) < 4.78 is 39.4. The highest BCUT2D eigenvalue weighted by Crippen LogP contribution is 2.21. The van der Waals surface area contributed by atoms with Crippen LogP contribution in [0.1, 0.15) is 13.8 Å². The summed E-state index contributed by atoms with van der Waals surface area (Å²) >= 11 is 0. The fourth-order valence-electron chi connectivity index (χ4n) is 2.69. The summed E-state index contributed by atoms with van der Waals surface area (Å²) in [4.78, 5) is 51.5. The second-order valence-corrected chi connectivity index (χ2v) is 6.67. The molecule has 30 heavy (non-hydrogen) atoms.